The third-order valence-corrected chi connectivity index (χ3v) is 3.80. The molecule has 0 radical (unpaired) electrons. The number of nitrogens with two attached hydrogens (primary N) is 1. The maximum atomic E-state index is 6.40. The summed E-state index contributed by atoms with van der Waals surface area (Å²) in [6.45, 7) is 8.88. The number of likely N-dealkylation sites (tertiary alicyclic amines) is 1. The highest BCUT2D eigenvalue weighted by molar-refractivity contribution is 5.20. The Bertz CT molecular complexity index is 372. The smallest absolute Gasteiger partial charge is 0.125 e. The molecule has 2 atom stereocenters. The Morgan fingerprint density at radius 2 is 2.22 bits per heavy atom. The molecule has 1 aliphatic heterocycles. The van der Waals surface area contributed by atoms with Crippen LogP contribution in [0.2, 0.25) is 0 Å². The quantitative estimate of drug-likeness (QED) is 0.896. The minimum atomic E-state index is 0.191. The Balaban J connectivity index is 2.26. The van der Waals surface area contributed by atoms with Gasteiger partial charge in [-0.3, -0.25) is 4.90 Å². The molecule has 2 heterocycles. The molecule has 2 N–H and O–H groups in total. The van der Waals surface area contributed by atoms with Crippen molar-refractivity contribution >= 4 is 0 Å². The number of aryl methyl sites for hydroxylation is 1. The van der Waals surface area contributed by atoms with E-state index >= 15 is 0 Å². The molecule has 102 valence electrons. The first kappa shape index (κ1) is 13.6. The van der Waals surface area contributed by atoms with Crippen LogP contribution in [0.15, 0.2) is 16.7 Å². The molecule has 18 heavy (non-hydrogen) atoms. The zero-order chi connectivity index (χ0) is 13.1. The van der Waals surface area contributed by atoms with Crippen LogP contribution in [0.5, 0.6) is 0 Å². The molecule has 1 fully saturated rings. The van der Waals surface area contributed by atoms with Gasteiger partial charge in [0.05, 0.1) is 12.3 Å². The number of nitrogens with zero attached hydrogens (tertiary/aromatic N) is 1. The van der Waals surface area contributed by atoms with E-state index in [0.717, 1.165) is 25.3 Å². The van der Waals surface area contributed by atoms with Gasteiger partial charge in [-0.1, -0.05) is 20.3 Å². The molecule has 0 aliphatic carbocycles. The highest BCUT2D eigenvalue weighted by Crippen LogP contribution is 2.32. The van der Waals surface area contributed by atoms with Gasteiger partial charge in [0.25, 0.3) is 0 Å². The summed E-state index contributed by atoms with van der Waals surface area (Å²) in [4.78, 5) is 2.52. The molecule has 2 rings (SSSR count). The minimum absolute atomic E-state index is 0.191. The molecule has 2 unspecified atom stereocenters. The van der Waals surface area contributed by atoms with Crippen LogP contribution in [0.3, 0.4) is 0 Å². The summed E-state index contributed by atoms with van der Waals surface area (Å²) < 4.78 is 5.72. The van der Waals surface area contributed by atoms with Crippen molar-refractivity contribution in [2.45, 2.75) is 52.1 Å². The van der Waals surface area contributed by atoms with Gasteiger partial charge >= 0.3 is 0 Å². The Hall–Kier alpha value is -0.800. The molecule has 1 aromatic rings. The first-order valence-electron chi connectivity index (χ1n) is 7.13. The third-order valence-electron chi connectivity index (χ3n) is 3.80. The fourth-order valence-corrected chi connectivity index (χ4v) is 2.98. The van der Waals surface area contributed by atoms with E-state index in [2.05, 4.69) is 25.7 Å². The summed E-state index contributed by atoms with van der Waals surface area (Å²) in [5.41, 5.74) is 7.63. The Morgan fingerprint density at radius 3 is 2.83 bits per heavy atom. The van der Waals surface area contributed by atoms with Crippen LogP contribution in [-0.2, 0) is 0 Å². The third kappa shape index (κ3) is 2.96. The van der Waals surface area contributed by atoms with Gasteiger partial charge in [-0.15, -0.1) is 0 Å². The molecule has 0 aromatic carbocycles. The van der Waals surface area contributed by atoms with Crippen LogP contribution in [0.4, 0.5) is 0 Å². The van der Waals surface area contributed by atoms with E-state index in [1.807, 2.05) is 6.07 Å². The Morgan fingerprint density at radius 1 is 1.44 bits per heavy atom. The number of rotatable bonds is 3. The highest BCUT2D eigenvalue weighted by atomic mass is 16.3. The standard InChI is InChI=1S/C15H26N2O/c1-11(2)10-17-8-5-4-6-13(16)14(17)15-12(3)7-9-18-15/h7,9,11,13-14H,4-6,8,10,16H2,1-3H3. The number of hydrogen-bond acceptors (Lipinski definition) is 3. The fourth-order valence-electron chi connectivity index (χ4n) is 2.98. The first-order chi connectivity index (χ1) is 8.59. The Labute approximate surface area is 110 Å². The van der Waals surface area contributed by atoms with Gasteiger partial charge in [0.2, 0.25) is 0 Å². The normalized spacial score (nSPS) is 26.5. The topological polar surface area (TPSA) is 42.4 Å². The van der Waals surface area contributed by atoms with Crippen molar-refractivity contribution in [2.75, 3.05) is 13.1 Å². The van der Waals surface area contributed by atoms with E-state index in [4.69, 9.17) is 10.2 Å². The number of hydrogen-bond donors (Lipinski definition) is 1. The van der Waals surface area contributed by atoms with Gasteiger partial charge in [-0.05, 0) is 43.9 Å². The van der Waals surface area contributed by atoms with Crippen LogP contribution >= 0.6 is 0 Å². The van der Waals surface area contributed by atoms with Crippen molar-refractivity contribution < 1.29 is 4.42 Å². The van der Waals surface area contributed by atoms with E-state index < -0.39 is 0 Å². The summed E-state index contributed by atoms with van der Waals surface area (Å²) in [7, 11) is 0. The van der Waals surface area contributed by atoms with Crippen LogP contribution in [-0.4, -0.2) is 24.0 Å². The van der Waals surface area contributed by atoms with Gasteiger partial charge < -0.3 is 10.2 Å². The Kier molecular flexibility index (Phi) is 4.46. The lowest BCUT2D eigenvalue weighted by atomic mass is 9.99. The van der Waals surface area contributed by atoms with Crippen molar-refractivity contribution in [2.24, 2.45) is 11.7 Å². The van der Waals surface area contributed by atoms with Crippen LogP contribution < -0.4 is 5.73 Å². The highest BCUT2D eigenvalue weighted by Gasteiger charge is 2.32. The molecule has 3 nitrogen and oxygen atoms in total. The predicted octanol–water partition coefficient (Wildman–Crippen LogP) is 3.10. The monoisotopic (exact) mass is 250 g/mol. The average molecular weight is 250 g/mol. The first-order valence-corrected chi connectivity index (χ1v) is 7.13. The summed E-state index contributed by atoms with van der Waals surface area (Å²) in [6.07, 6.45) is 5.36. The summed E-state index contributed by atoms with van der Waals surface area (Å²) in [5, 5.41) is 0. The molecule has 1 aromatic heterocycles. The van der Waals surface area contributed by atoms with Gasteiger partial charge in [0, 0.05) is 12.6 Å². The molecule has 0 spiro atoms. The van der Waals surface area contributed by atoms with Crippen molar-refractivity contribution in [1.29, 1.82) is 0 Å². The second-order valence-corrected chi connectivity index (χ2v) is 5.96. The van der Waals surface area contributed by atoms with E-state index in [0.29, 0.717) is 5.92 Å². The van der Waals surface area contributed by atoms with Crippen molar-refractivity contribution in [3.63, 3.8) is 0 Å². The molecular formula is C15H26N2O. The molecular weight excluding hydrogens is 224 g/mol. The van der Waals surface area contributed by atoms with Crippen LogP contribution in [0.1, 0.15) is 50.5 Å². The van der Waals surface area contributed by atoms with Gasteiger partial charge in [0.15, 0.2) is 0 Å². The van der Waals surface area contributed by atoms with E-state index in [1.165, 1.54) is 18.4 Å². The molecule has 1 saturated heterocycles. The second kappa shape index (κ2) is 5.89. The van der Waals surface area contributed by atoms with E-state index in [9.17, 15) is 0 Å². The summed E-state index contributed by atoms with van der Waals surface area (Å²) >= 11 is 0. The van der Waals surface area contributed by atoms with Crippen molar-refractivity contribution in [3.05, 3.63) is 23.7 Å². The maximum absolute atomic E-state index is 6.40. The second-order valence-electron chi connectivity index (χ2n) is 5.96. The predicted molar refractivity (Wildman–Crippen MR) is 74.4 cm³/mol. The average Bonchev–Trinajstić information content (AvgIpc) is 2.62. The zero-order valence-electron chi connectivity index (χ0n) is 11.9. The van der Waals surface area contributed by atoms with Gasteiger partial charge in [-0.2, -0.15) is 0 Å². The molecule has 0 bridgehead atoms. The molecule has 0 amide bonds. The molecule has 1 aliphatic rings. The zero-order valence-corrected chi connectivity index (χ0v) is 11.9. The lowest BCUT2D eigenvalue weighted by Crippen LogP contribution is -2.41. The largest absolute Gasteiger partial charge is 0.467 e. The van der Waals surface area contributed by atoms with Crippen molar-refractivity contribution in [1.82, 2.24) is 4.90 Å². The van der Waals surface area contributed by atoms with Gasteiger partial charge in [-0.25, -0.2) is 0 Å². The minimum Gasteiger partial charge on any atom is -0.467 e. The lowest BCUT2D eigenvalue weighted by molar-refractivity contribution is 0.145. The molecule has 3 heteroatoms. The SMILES string of the molecule is Cc1ccoc1C1C(N)CCCCN1CC(C)C. The summed E-state index contributed by atoms with van der Waals surface area (Å²) in [5.74, 6) is 1.73. The number of furan rings is 1. The molecule has 0 saturated carbocycles. The fraction of sp³-hybridized carbons (Fsp3) is 0.733. The lowest BCUT2D eigenvalue weighted by Gasteiger charge is -2.33. The van der Waals surface area contributed by atoms with Crippen molar-refractivity contribution in [3.8, 4) is 0 Å². The summed E-state index contributed by atoms with van der Waals surface area (Å²) in [6, 6.07) is 2.49. The van der Waals surface area contributed by atoms with E-state index in [-0.39, 0.29) is 12.1 Å². The van der Waals surface area contributed by atoms with Crippen LogP contribution in [0, 0.1) is 12.8 Å². The van der Waals surface area contributed by atoms with Crippen LogP contribution in [0.25, 0.3) is 0 Å². The maximum Gasteiger partial charge on any atom is 0.125 e. The van der Waals surface area contributed by atoms with Gasteiger partial charge in [0.1, 0.15) is 5.76 Å². The van der Waals surface area contributed by atoms with E-state index in [1.54, 1.807) is 6.26 Å².